The summed E-state index contributed by atoms with van der Waals surface area (Å²) in [5.74, 6) is -2.95. The summed E-state index contributed by atoms with van der Waals surface area (Å²) in [5.41, 5.74) is -1.28. The quantitative estimate of drug-likeness (QED) is 0.804. The summed E-state index contributed by atoms with van der Waals surface area (Å²) in [6.45, 7) is 1.56. The number of rotatable bonds is 6. The first-order chi connectivity index (χ1) is 10.5. The lowest BCUT2D eigenvalue weighted by molar-refractivity contribution is -0.160. The van der Waals surface area contributed by atoms with Gasteiger partial charge in [-0.2, -0.15) is 0 Å². The molecule has 2 N–H and O–H groups in total. The molecule has 0 heterocycles. The van der Waals surface area contributed by atoms with Crippen LogP contribution in [0.5, 0.6) is 0 Å². The summed E-state index contributed by atoms with van der Waals surface area (Å²) in [7, 11) is 0. The van der Waals surface area contributed by atoms with Gasteiger partial charge >= 0.3 is 5.97 Å². The molecule has 4 nitrogen and oxygen atoms in total. The minimum absolute atomic E-state index is 0.0690. The SMILES string of the molecule is CCC(O)(C(=O)O)C(C(=O)c1ccccc1)c1ccccc1. The molecule has 0 aromatic heterocycles. The second kappa shape index (κ2) is 6.54. The van der Waals surface area contributed by atoms with E-state index in [1.54, 1.807) is 67.6 Å². The molecule has 2 rings (SSSR count). The highest BCUT2D eigenvalue weighted by Gasteiger charge is 2.47. The molecule has 0 saturated carbocycles. The largest absolute Gasteiger partial charge is 0.479 e. The van der Waals surface area contributed by atoms with Crippen LogP contribution in [0.15, 0.2) is 60.7 Å². The third-order valence-corrected chi connectivity index (χ3v) is 3.84. The van der Waals surface area contributed by atoms with Crippen LogP contribution in [0, 0.1) is 0 Å². The van der Waals surface area contributed by atoms with Gasteiger partial charge in [0, 0.05) is 5.56 Å². The molecular formula is C18H18O4. The van der Waals surface area contributed by atoms with E-state index in [4.69, 9.17) is 0 Å². The zero-order chi connectivity index (χ0) is 16.2. The number of hydrogen-bond donors (Lipinski definition) is 2. The van der Waals surface area contributed by atoms with Crippen LogP contribution in [0.3, 0.4) is 0 Å². The van der Waals surface area contributed by atoms with Gasteiger partial charge in [-0.3, -0.25) is 4.79 Å². The number of carbonyl (C=O) groups excluding carboxylic acids is 1. The van der Waals surface area contributed by atoms with Crippen LogP contribution in [0.2, 0.25) is 0 Å². The zero-order valence-corrected chi connectivity index (χ0v) is 12.3. The minimum Gasteiger partial charge on any atom is -0.479 e. The maximum Gasteiger partial charge on any atom is 0.336 e. The van der Waals surface area contributed by atoms with Gasteiger partial charge < -0.3 is 10.2 Å². The number of aliphatic hydroxyl groups is 1. The Bertz CT molecular complexity index is 651. The van der Waals surface area contributed by atoms with Crippen LogP contribution in [-0.4, -0.2) is 27.6 Å². The van der Waals surface area contributed by atoms with Crippen molar-refractivity contribution in [3.05, 3.63) is 71.8 Å². The van der Waals surface area contributed by atoms with Crippen molar-refractivity contribution in [2.24, 2.45) is 0 Å². The van der Waals surface area contributed by atoms with E-state index in [1.165, 1.54) is 0 Å². The van der Waals surface area contributed by atoms with Crippen molar-refractivity contribution in [3.63, 3.8) is 0 Å². The van der Waals surface area contributed by atoms with E-state index < -0.39 is 23.3 Å². The van der Waals surface area contributed by atoms with Crippen LogP contribution in [0.1, 0.15) is 35.2 Å². The van der Waals surface area contributed by atoms with Gasteiger partial charge in [-0.05, 0) is 12.0 Å². The third-order valence-electron chi connectivity index (χ3n) is 3.84. The van der Waals surface area contributed by atoms with E-state index in [0.717, 1.165) is 0 Å². The van der Waals surface area contributed by atoms with Crippen LogP contribution < -0.4 is 0 Å². The van der Waals surface area contributed by atoms with Gasteiger partial charge in [0.15, 0.2) is 11.4 Å². The molecule has 2 aromatic rings. The number of benzene rings is 2. The van der Waals surface area contributed by atoms with Crippen molar-refractivity contribution in [3.8, 4) is 0 Å². The fourth-order valence-electron chi connectivity index (χ4n) is 2.54. The Kier molecular flexibility index (Phi) is 4.73. The van der Waals surface area contributed by atoms with Gasteiger partial charge in [0.2, 0.25) is 0 Å². The second-order valence-electron chi connectivity index (χ2n) is 5.16. The first-order valence-electron chi connectivity index (χ1n) is 7.10. The van der Waals surface area contributed by atoms with Crippen molar-refractivity contribution in [2.75, 3.05) is 0 Å². The molecule has 0 aliphatic heterocycles. The van der Waals surface area contributed by atoms with Gasteiger partial charge in [0.25, 0.3) is 0 Å². The fraction of sp³-hybridized carbons (Fsp3) is 0.222. The van der Waals surface area contributed by atoms with Crippen LogP contribution in [-0.2, 0) is 4.79 Å². The minimum atomic E-state index is -2.14. The van der Waals surface area contributed by atoms with Gasteiger partial charge in [0.05, 0.1) is 5.92 Å². The predicted molar refractivity (Wildman–Crippen MR) is 82.8 cm³/mol. The van der Waals surface area contributed by atoms with E-state index in [-0.39, 0.29) is 6.42 Å². The predicted octanol–water partition coefficient (Wildman–Crippen LogP) is 2.88. The number of aliphatic carboxylic acids is 1. The van der Waals surface area contributed by atoms with Crippen molar-refractivity contribution in [1.82, 2.24) is 0 Å². The first-order valence-corrected chi connectivity index (χ1v) is 7.10. The number of carbonyl (C=O) groups is 2. The summed E-state index contributed by atoms with van der Waals surface area (Å²) in [5, 5.41) is 20.1. The molecule has 0 saturated heterocycles. The van der Waals surface area contributed by atoms with Crippen molar-refractivity contribution in [2.45, 2.75) is 24.9 Å². The van der Waals surface area contributed by atoms with Crippen LogP contribution in [0.25, 0.3) is 0 Å². The van der Waals surface area contributed by atoms with Crippen LogP contribution >= 0.6 is 0 Å². The van der Waals surface area contributed by atoms with E-state index >= 15 is 0 Å². The van der Waals surface area contributed by atoms with E-state index in [0.29, 0.717) is 11.1 Å². The maximum atomic E-state index is 12.8. The Morgan fingerprint density at radius 3 is 1.95 bits per heavy atom. The fourth-order valence-corrected chi connectivity index (χ4v) is 2.54. The Labute approximate surface area is 129 Å². The zero-order valence-electron chi connectivity index (χ0n) is 12.3. The van der Waals surface area contributed by atoms with E-state index in [2.05, 4.69) is 0 Å². The summed E-state index contributed by atoms with van der Waals surface area (Å²) >= 11 is 0. The van der Waals surface area contributed by atoms with E-state index in [9.17, 15) is 19.8 Å². The molecule has 0 radical (unpaired) electrons. The molecule has 2 atom stereocenters. The highest BCUT2D eigenvalue weighted by atomic mass is 16.4. The topological polar surface area (TPSA) is 74.6 Å². The van der Waals surface area contributed by atoms with E-state index in [1.807, 2.05) is 0 Å². The normalized spacial score (nSPS) is 14.8. The average Bonchev–Trinajstić information content (AvgIpc) is 2.56. The molecule has 0 amide bonds. The number of carboxylic acids is 1. The molecule has 0 bridgehead atoms. The maximum absolute atomic E-state index is 12.8. The number of Topliss-reactive ketones (excluding diaryl/α,β-unsaturated/α-hetero) is 1. The molecule has 22 heavy (non-hydrogen) atoms. The monoisotopic (exact) mass is 298 g/mol. The van der Waals surface area contributed by atoms with Crippen molar-refractivity contribution >= 4 is 11.8 Å². The lowest BCUT2D eigenvalue weighted by atomic mass is 9.76. The third kappa shape index (κ3) is 2.92. The van der Waals surface area contributed by atoms with Gasteiger partial charge in [-0.15, -0.1) is 0 Å². The Balaban J connectivity index is 2.56. The van der Waals surface area contributed by atoms with Crippen LogP contribution in [0.4, 0.5) is 0 Å². The molecule has 114 valence electrons. The molecular weight excluding hydrogens is 280 g/mol. The summed E-state index contributed by atoms with van der Waals surface area (Å²) in [4.78, 5) is 24.4. The lowest BCUT2D eigenvalue weighted by Crippen LogP contribution is -2.47. The van der Waals surface area contributed by atoms with Crippen molar-refractivity contribution in [1.29, 1.82) is 0 Å². The number of hydrogen-bond acceptors (Lipinski definition) is 3. The lowest BCUT2D eigenvalue weighted by Gasteiger charge is -2.31. The Morgan fingerprint density at radius 1 is 1.00 bits per heavy atom. The Morgan fingerprint density at radius 2 is 1.50 bits per heavy atom. The second-order valence-corrected chi connectivity index (χ2v) is 5.16. The highest BCUT2D eigenvalue weighted by Crippen LogP contribution is 2.34. The van der Waals surface area contributed by atoms with Gasteiger partial charge in [-0.25, -0.2) is 4.79 Å². The summed E-state index contributed by atoms with van der Waals surface area (Å²) in [6, 6.07) is 17.0. The molecule has 0 spiro atoms. The average molecular weight is 298 g/mol. The number of carboxylic acid groups (broad SMARTS) is 1. The summed E-state index contributed by atoms with van der Waals surface area (Å²) < 4.78 is 0. The molecule has 2 aromatic carbocycles. The molecule has 0 aliphatic rings. The molecule has 4 heteroatoms. The van der Waals surface area contributed by atoms with Crippen molar-refractivity contribution < 1.29 is 19.8 Å². The Hall–Kier alpha value is -2.46. The first kappa shape index (κ1) is 15.9. The molecule has 0 aliphatic carbocycles. The smallest absolute Gasteiger partial charge is 0.336 e. The standard InChI is InChI=1S/C18H18O4/c1-2-18(22,17(20)21)15(13-9-5-3-6-10-13)16(19)14-11-7-4-8-12-14/h3-12,15,22H,2H2,1H3,(H,20,21). The van der Waals surface area contributed by atoms with Gasteiger partial charge in [0.1, 0.15) is 0 Å². The number of ketones is 1. The summed E-state index contributed by atoms with van der Waals surface area (Å²) in [6.07, 6.45) is -0.0690. The highest BCUT2D eigenvalue weighted by molar-refractivity contribution is 6.05. The molecule has 0 fully saturated rings. The molecule has 2 unspecified atom stereocenters. The van der Waals surface area contributed by atoms with Gasteiger partial charge in [-0.1, -0.05) is 67.6 Å².